The van der Waals surface area contributed by atoms with E-state index >= 15 is 0 Å². The summed E-state index contributed by atoms with van der Waals surface area (Å²) in [5, 5.41) is 7.56. The van der Waals surface area contributed by atoms with E-state index in [1.54, 1.807) is 20.4 Å². The lowest BCUT2D eigenvalue weighted by atomic mass is 9.65. The number of hydrogen-bond acceptors (Lipinski definition) is 6. The number of thiocarbonyl (C=S) groups is 1. The number of hydrogen-bond donors (Lipinski definition) is 2. The fourth-order valence-electron chi connectivity index (χ4n) is 5.82. The maximum atomic E-state index is 5.67. The Bertz CT molecular complexity index is 1170. The van der Waals surface area contributed by atoms with Crippen LogP contribution in [0.2, 0.25) is 0 Å². The average Bonchev–Trinajstić information content (AvgIpc) is 3.53. The van der Waals surface area contributed by atoms with Crippen LogP contribution in [0.25, 0.3) is 11.3 Å². The molecule has 3 aromatic rings. The van der Waals surface area contributed by atoms with Crippen molar-refractivity contribution in [1.29, 1.82) is 0 Å². The van der Waals surface area contributed by atoms with E-state index in [4.69, 9.17) is 26.1 Å². The number of methoxy groups -OCH3 is 2. The third-order valence-corrected chi connectivity index (χ3v) is 7.90. The molecule has 7 nitrogen and oxygen atoms in total. The van der Waals surface area contributed by atoms with Crippen molar-refractivity contribution in [2.45, 2.75) is 43.2 Å². The summed E-state index contributed by atoms with van der Waals surface area (Å²) >= 11 is 5.67. The summed E-state index contributed by atoms with van der Waals surface area (Å²) in [5.74, 6) is 2.32. The standard InChI is InChI=1S/C27H32N4O3S/c1-31-13-12-27(19-6-9-22(32-2)23(14-19)33-3)11-10-21(15-25(27)31)30-26(35)29-20-7-4-18(5-8-20)24-16-28-17-34-24/h4-9,14,16-17,21,25H,10-13,15H2,1-3H3,(H2,29,30,35)/t21-,25+,27-/m0/s1. The van der Waals surface area contributed by atoms with Crippen LogP contribution >= 0.6 is 12.2 Å². The quantitative estimate of drug-likeness (QED) is 0.474. The molecule has 2 N–H and O–H groups in total. The van der Waals surface area contributed by atoms with Crippen LogP contribution in [0.5, 0.6) is 11.5 Å². The van der Waals surface area contributed by atoms with Gasteiger partial charge in [0.15, 0.2) is 28.8 Å². The lowest BCUT2D eigenvalue weighted by Crippen LogP contribution is -2.52. The third kappa shape index (κ3) is 4.60. The smallest absolute Gasteiger partial charge is 0.181 e. The summed E-state index contributed by atoms with van der Waals surface area (Å²) in [7, 11) is 5.62. The van der Waals surface area contributed by atoms with Crippen molar-refractivity contribution >= 4 is 23.0 Å². The molecular weight excluding hydrogens is 460 g/mol. The third-order valence-electron chi connectivity index (χ3n) is 7.68. The normalized spacial score (nSPS) is 24.0. The Morgan fingerprint density at radius 1 is 1.11 bits per heavy atom. The second kappa shape index (κ2) is 9.87. The Morgan fingerprint density at radius 2 is 1.91 bits per heavy atom. The molecule has 2 fully saturated rings. The summed E-state index contributed by atoms with van der Waals surface area (Å²) in [6, 6.07) is 15.2. The Morgan fingerprint density at radius 3 is 2.63 bits per heavy atom. The van der Waals surface area contributed by atoms with E-state index in [1.807, 2.05) is 30.3 Å². The van der Waals surface area contributed by atoms with Gasteiger partial charge in [-0.3, -0.25) is 0 Å². The number of nitrogens with zero attached hydrogens (tertiary/aromatic N) is 2. The molecule has 8 heteroatoms. The molecule has 0 spiro atoms. The van der Waals surface area contributed by atoms with Gasteiger partial charge >= 0.3 is 0 Å². The predicted octanol–water partition coefficient (Wildman–Crippen LogP) is 4.84. The average molecular weight is 493 g/mol. The first kappa shape index (κ1) is 23.6. The highest BCUT2D eigenvalue weighted by atomic mass is 32.1. The van der Waals surface area contributed by atoms with Crippen molar-refractivity contribution in [3.63, 3.8) is 0 Å². The zero-order valence-corrected chi connectivity index (χ0v) is 21.2. The first-order chi connectivity index (χ1) is 17.0. The highest BCUT2D eigenvalue weighted by molar-refractivity contribution is 7.80. The SMILES string of the molecule is COc1ccc([C@@]23CC[C@H](NC(=S)Nc4ccc(-c5cnco5)cc4)C[C@H]2N(C)CC3)cc1OC. The number of aromatic nitrogens is 1. The zero-order valence-electron chi connectivity index (χ0n) is 20.4. The molecule has 1 aromatic heterocycles. The van der Waals surface area contributed by atoms with E-state index < -0.39 is 0 Å². The highest BCUT2D eigenvalue weighted by Crippen LogP contribution is 2.49. The molecule has 0 radical (unpaired) electrons. The molecule has 5 rings (SSSR count). The second-order valence-corrected chi connectivity index (χ2v) is 9.89. The van der Waals surface area contributed by atoms with E-state index in [9.17, 15) is 0 Å². The Labute approximate surface area is 211 Å². The number of oxazole rings is 1. The van der Waals surface area contributed by atoms with Gasteiger partial charge in [0.05, 0.1) is 20.4 Å². The van der Waals surface area contributed by atoms with Crippen molar-refractivity contribution in [2.75, 3.05) is 33.1 Å². The zero-order chi connectivity index (χ0) is 24.4. The number of likely N-dealkylation sites (tertiary alicyclic amines) is 1. The Hall–Kier alpha value is -3.10. The molecule has 1 aliphatic heterocycles. The molecular formula is C27H32N4O3S. The van der Waals surface area contributed by atoms with Crippen molar-refractivity contribution < 1.29 is 13.9 Å². The fraction of sp³-hybridized carbons (Fsp3) is 0.407. The van der Waals surface area contributed by atoms with E-state index in [0.717, 1.165) is 60.7 Å². The molecule has 3 atom stereocenters. The molecule has 0 unspecified atom stereocenters. The lowest BCUT2D eigenvalue weighted by molar-refractivity contribution is 0.161. The maximum Gasteiger partial charge on any atom is 0.181 e. The fourth-order valence-corrected chi connectivity index (χ4v) is 6.11. The molecule has 1 saturated heterocycles. The molecule has 2 heterocycles. The predicted molar refractivity (Wildman–Crippen MR) is 141 cm³/mol. The number of likely N-dealkylation sites (N-methyl/N-ethyl adjacent to an activating group) is 1. The molecule has 184 valence electrons. The van der Waals surface area contributed by atoms with Crippen LogP contribution in [0.15, 0.2) is 59.5 Å². The van der Waals surface area contributed by atoms with Crippen LogP contribution in [-0.4, -0.2) is 54.9 Å². The van der Waals surface area contributed by atoms with Crippen LogP contribution in [0.3, 0.4) is 0 Å². The van der Waals surface area contributed by atoms with Crippen molar-refractivity contribution in [1.82, 2.24) is 15.2 Å². The topological polar surface area (TPSA) is 71.8 Å². The van der Waals surface area contributed by atoms with Crippen LogP contribution < -0.4 is 20.1 Å². The van der Waals surface area contributed by atoms with Gasteiger partial charge in [-0.15, -0.1) is 0 Å². The van der Waals surface area contributed by atoms with Gasteiger partial charge in [0.25, 0.3) is 0 Å². The monoisotopic (exact) mass is 492 g/mol. The first-order valence-corrected chi connectivity index (χ1v) is 12.4. The first-order valence-electron chi connectivity index (χ1n) is 12.0. The number of fused-ring (bicyclic) bond motifs is 1. The van der Waals surface area contributed by atoms with E-state index in [-0.39, 0.29) is 5.41 Å². The molecule has 2 aromatic carbocycles. The van der Waals surface area contributed by atoms with Crippen LogP contribution in [0, 0.1) is 0 Å². The van der Waals surface area contributed by atoms with Crippen molar-refractivity contribution in [2.24, 2.45) is 0 Å². The molecule has 35 heavy (non-hydrogen) atoms. The summed E-state index contributed by atoms with van der Waals surface area (Å²) in [6.45, 7) is 1.09. The minimum atomic E-state index is 0.123. The van der Waals surface area contributed by atoms with Crippen LogP contribution in [0.4, 0.5) is 5.69 Å². The summed E-state index contributed by atoms with van der Waals surface area (Å²) in [4.78, 5) is 6.48. The Kier molecular flexibility index (Phi) is 6.67. The molecule has 0 amide bonds. The number of benzene rings is 2. The van der Waals surface area contributed by atoms with Gasteiger partial charge in [0.2, 0.25) is 0 Å². The van der Waals surface area contributed by atoms with Gasteiger partial charge in [0, 0.05) is 28.7 Å². The number of nitrogens with one attached hydrogen (secondary N) is 2. The minimum Gasteiger partial charge on any atom is -0.493 e. The van der Waals surface area contributed by atoms with Crippen molar-refractivity contribution in [3.05, 3.63) is 60.6 Å². The summed E-state index contributed by atoms with van der Waals surface area (Å²) in [6.07, 6.45) is 7.49. The number of anilines is 1. The van der Waals surface area contributed by atoms with E-state index in [1.165, 1.54) is 12.0 Å². The van der Waals surface area contributed by atoms with E-state index in [2.05, 4.69) is 39.7 Å². The molecule has 1 aliphatic carbocycles. The molecule has 1 saturated carbocycles. The second-order valence-electron chi connectivity index (χ2n) is 9.49. The van der Waals surface area contributed by atoms with Gasteiger partial charge < -0.3 is 29.4 Å². The number of rotatable bonds is 6. The van der Waals surface area contributed by atoms with Gasteiger partial charge in [0.1, 0.15) is 0 Å². The van der Waals surface area contributed by atoms with Crippen molar-refractivity contribution in [3.8, 4) is 22.8 Å². The maximum absolute atomic E-state index is 5.67. The minimum absolute atomic E-state index is 0.123. The summed E-state index contributed by atoms with van der Waals surface area (Å²) < 4.78 is 16.4. The van der Waals surface area contributed by atoms with Crippen LogP contribution in [-0.2, 0) is 5.41 Å². The van der Waals surface area contributed by atoms with Crippen LogP contribution in [0.1, 0.15) is 31.2 Å². The Balaban J connectivity index is 1.25. The largest absolute Gasteiger partial charge is 0.493 e. The van der Waals surface area contributed by atoms with Gasteiger partial charge in [-0.25, -0.2) is 4.98 Å². The molecule has 2 aliphatic rings. The van der Waals surface area contributed by atoms with Gasteiger partial charge in [-0.1, -0.05) is 6.07 Å². The lowest BCUT2D eigenvalue weighted by Gasteiger charge is -2.45. The van der Waals surface area contributed by atoms with Gasteiger partial charge in [-0.05, 0) is 93.5 Å². The highest BCUT2D eigenvalue weighted by Gasteiger charge is 2.50. The van der Waals surface area contributed by atoms with E-state index in [0.29, 0.717) is 17.2 Å². The number of ether oxygens (including phenoxy) is 2. The summed E-state index contributed by atoms with van der Waals surface area (Å²) in [5.41, 5.74) is 3.39. The molecule has 0 bridgehead atoms. The van der Waals surface area contributed by atoms with Gasteiger partial charge in [-0.2, -0.15) is 0 Å².